The van der Waals surface area contributed by atoms with Gasteiger partial charge in [-0.1, -0.05) is 24.3 Å². The number of benzene rings is 1. The van der Waals surface area contributed by atoms with Crippen LogP contribution in [0.1, 0.15) is 30.0 Å². The number of carbonyl (C=O) groups is 1. The lowest BCUT2D eigenvalue weighted by Gasteiger charge is -2.29. The molecule has 19 heavy (non-hydrogen) atoms. The minimum absolute atomic E-state index is 0.146. The van der Waals surface area contributed by atoms with Crippen molar-refractivity contribution in [1.82, 2.24) is 5.32 Å². The van der Waals surface area contributed by atoms with Gasteiger partial charge in [-0.25, -0.2) is 0 Å². The zero-order valence-electron chi connectivity index (χ0n) is 10.9. The second kappa shape index (κ2) is 6.23. The van der Waals surface area contributed by atoms with Gasteiger partial charge in [0.25, 0.3) is 0 Å². The molecular weight excluding hydrogens is 274 g/mol. The van der Waals surface area contributed by atoms with E-state index in [0.717, 1.165) is 24.3 Å². The highest BCUT2D eigenvalue weighted by atomic mass is 32.2. The van der Waals surface area contributed by atoms with E-state index in [-0.39, 0.29) is 17.2 Å². The molecule has 0 spiro atoms. The van der Waals surface area contributed by atoms with Gasteiger partial charge >= 0.3 is 0 Å². The van der Waals surface area contributed by atoms with Gasteiger partial charge in [-0.2, -0.15) is 11.8 Å². The Labute approximate surface area is 123 Å². The normalized spacial score (nSPS) is 26.5. The first-order valence-electron chi connectivity index (χ1n) is 6.92. The second-order valence-electron chi connectivity index (χ2n) is 5.09. The zero-order valence-corrected chi connectivity index (χ0v) is 12.6. The first-order valence-corrected chi connectivity index (χ1v) is 9.12. The van der Waals surface area contributed by atoms with E-state index in [1.165, 1.54) is 23.3 Å². The first kappa shape index (κ1) is 13.4. The Morgan fingerprint density at radius 1 is 1.26 bits per heavy atom. The predicted molar refractivity (Wildman–Crippen MR) is 83.8 cm³/mol. The van der Waals surface area contributed by atoms with Crippen LogP contribution in [0.2, 0.25) is 0 Å². The summed E-state index contributed by atoms with van der Waals surface area (Å²) in [6.07, 6.45) is 3.40. The minimum Gasteiger partial charge on any atom is -0.348 e. The lowest BCUT2D eigenvalue weighted by atomic mass is 9.88. The lowest BCUT2D eigenvalue weighted by Crippen LogP contribution is -2.39. The van der Waals surface area contributed by atoms with Crippen LogP contribution in [0.25, 0.3) is 0 Å². The van der Waals surface area contributed by atoms with Crippen LogP contribution >= 0.6 is 23.5 Å². The molecule has 0 radical (unpaired) electrons. The minimum atomic E-state index is 0.146. The van der Waals surface area contributed by atoms with Crippen molar-refractivity contribution in [2.45, 2.75) is 30.6 Å². The van der Waals surface area contributed by atoms with Crippen LogP contribution in [0, 0.1) is 0 Å². The standard InChI is InChI=1S/C15H19NOS2/c17-15(14-10-18-8-9-19-14)16-13-7-3-5-11-4-1-2-6-12(11)13/h1-2,4,6,13-14H,3,5,7-10H2,(H,16,17). The summed E-state index contributed by atoms with van der Waals surface area (Å²) in [6, 6.07) is 8.76. The highest BCUT2D eigenvalue weighted by Gasteiger charge is 2.27. The molecule has 2 nitrogen and oxygen atoms in total. The molecule has 0 saturated carbocycles. The van der Waals surface area contributed by atoms with Gasteiger partial charge < -0.3 is 5.32 Å². The van der Waals surface area contributed by atoms with Crippen molar-refractivity contribution in [3.8, 4) is 0 Å². The van der Waals surface area contributed by atoms with E-state index >= 15 is 0 Å². The number of carbonyl (C=O) groups excluding carboxylic acids is 1. The molecule has 1 saturated heterocycles. The summed E-state index contributed by atoms with van der Waals surface area (Å²) in [5.74, 6) is 3.48. The molecule has 1 heterocycles. The van der Waals surface area contributed by atoms with Crippen LogP contribution in [-0.2, 0) is 11.2 Å². The van der Waals surface area contributed by atoms with E-state index in [4.69, 9.17) is 0 Å². The summed E-state index contributed by atoms with van der Waals surface area (Å²) in [7, 11) is 0. The molecule has 1 fully saturated rings. The fourth-order valence-corrected chi connectivity index (χ4v) is 5.37. The summed E-state index contributed by atoms with van der Waals surface area (Å²) in [5.41, 5.74) is 2.74. The maximum atomic E-state index is 12.3. The predicted octanol–water partition coefficient (Wildman–Crippen LogP) is 3.03. The summed E-state index contributed by atoms with van der Waals surface area (Å²) in [6.45, 7) is 0. The number of fused-ring (bicyclic) bond motifs is 1. The van der Waals surface area contributed by atoms with Crippen molar-refractivity contribution in [2.24, 2.45) is 0 Å². The van der Waals surface area contributed by atoms with E-state index in [1.54, 1.807) is 0 Å². The Kier molecular flexibility index (Phi) is 4.38. The number of amides is 1. The number of thioether (sulfide) groups is 2. The van der Waals surface area contributed by atoms with Gasteiger partial charge in [0.15, 0.2) is 0 Å². The summed E-state index contributed by atoms with van der Waals surface area (Å²) in [5, 5.41) is 3.42. The maximum absolute atomic E-state index is 12.3. The maximum Gasteiger partial charge on any atom is 0.234 e. The summed E-state index contributed by atoms with van der Waals surface area (Å²) >= 11 is 3.71. The van der Waals surface area contributed by atoms with Gasteiger partial charge in [-0.3, -0.25) is 4.79 Å². The smallest absolute Gasteiger partial charge is 0.234 e. The fraction of sp³-hybridized carbons (Fsp3) is 0.533. The Morgan fingerprint density at radius 2 is 2.16 bits per heavy atom. The third kappa shape index (κ3) is 3.11. The molecule has 1 aliphatic heterocycles. The molecular formula is C15H19NOS2. The average molecular weight is 293 g/mol. The molecule has 2 aliphatic rings. The zero-order chi connectivity index (χ0) is 13.1. The summed E-state index contributed by atoms with van der Waals surface area (Å²) < 4.78 is 0. The van der Waals surface area contributed by atoms with Gasteiger partial charge in [0.05, 0.1) is 11.3 Å². The molecule has 4 heteroatoms. The Morgan fingerprint density at radius 3 is 3.00 bits per heavy atom. The lowest BCUT2D eigenvalue weighted by molar-refractivity contribution is -0.121. The van der Waals surface area contributed by atoms with Crippen molar-refractivity contribution < 1.29 is 4.79 Å². The number of nitrogens with one attached hydrogen (secondary N) is 1. The van der Waals surface area contributed by atoms with Crippen LogP contribution in [0.5, 0.6) is 0 Å². The van der Waals surface area contributed by atoms with Crippen molar-refractivity contribution in [1.29, 1.82) is 0 Å². The molecule has 1 aromatic rings. The van der Waals surface area contributed by atoms with Gasteiger partial charge in [0, 0.05) is 17.3 Å². The topological polar surface area (TPSA) is 29.1 Å². The molecule has 0 aromatic heterocycles. The monoisotopic (exact) mass is 293 g/mol. The molecule has 2 unspecified atom stereocenters. The highest BCUT2D eigenvalue weighted by molar-refractivity contribution is 8.07. The largest absolute Gasteiger partial charge is 0.348 e. The summed E-state index contributed by atoms with van der Waals surface area (Å²) in [4.78, 5) is 12.3. The molecule has 102 valence electrons. The van der Waals surface area contributed by atoms with E-state index in [1.807, 2.05) is 23.5 Å². The van der Waals surface area contributed by atoms with E-state index in [0.29, 0.717) is 0 Å². The molecule has 1 N–H and O–H groups in total. The first-order chi connectivity index (χ1) is 9.34. The van der Waals surface area contributed by atoms with E-state index in [9.17, 15) is 4.79 Å². The van der Waals surface area contributed by atoms with E-state index in [2.05, 4.69) is 29.6 Å². The van der Waals surface area contributed by atoms with Crippen LogP contribution < -0.4 is 5.32 Å². The molecule has 1 amide bonds. The van der Waals surface area contributed by atoms with Gasteiger partial charge in [0.1, 0.15) is 0 Å². The van der Waals surface area contributed by atoms with E-state index < -0.39 is 0 Å². The highest BCUT2D eigenvalue weighted by Crippen LogP contribution is 2.31. The van der Waals surface area contributed by atoms with Crippen LogP contribution in [-0.4, -0.2) is 28.4 Å². The van der Waals surface area contributed by atoms with Crippen molar-refractivity contribution in [3.63, 3.8) is 0 Å². The van der Waals surface area contributed by atoms with Crippen molar-refractivity contribution >= 4 is 29.4 Å². The quantitative estimate of drug-likeness (QED) is 0.909. The van der Waals surface area contributed by atoms with Crippen LogP contribution in [0.4, 0.5) is 0 Å². The Balaban J connectivity index is 1.68. The number of rotatable bonds is 2. The number of aryl methyl sites for hydroxylation is 1. The molecule has 0 bridgehead atoms. The molecule has 1 aromatic carbocycles. The molecule has 1 aliphatic carbocycles. The molecule has 3 rings (SSSR count). The third-order valence-electron chi connectivity index (χ3n) is 3.79. The number of hydrogen-bond acceptors (Lipinski definition) is 3. The van der Waals surface area contributed by atoms with Crippen LogP contribution in [0.15, 0.2) is 24.3 Å². The molecule has 2 atom stereocenters. The fourth-order valence-electron chi connectivity index (χ4n) is 2.81. The van der Waals surface area contributed by atoms with Gasteiger partial charge in [-0.05, 0) is 30.4 Å². The third-order valence-corrected chi connectivity index (χ3v) is 6.55. The van der Waals surface area contributed by atoms with Gasteiger partial charge in [-0.15, -0.1) is 11.8 Å². The Bertz CT molecular complexity index is 457. The Hall–Kier alpha value is -0.610. The second-order valence-corrected chi connectivity index (χ2v) is 7.55. The SMILES string of the molecule is O=C(NC1CCCc2ccccc21)C1CSCCS1. The number of hydrogen-bond donors (Lipinski definition) is 1. The van der Waals surface area contributed by atoms with Gasteiger partial charge in [0.2, 0.25) is 5.91 Å². The van der Waals surface area contributed by atoms with Crippen LogP contribution in [0.3, 0.4) is 0 Å². The van der Waals surface area contributed by atoms with Crippen molar-refractivity contribution in [2.75, 3.05) is 17.3 Å². The average Bonchev–Trinajstić information content (AvgIpc) is 2.48. The van der Waals surface area contributed by atoms with Crippen molar-refractivity contribution in [3.05, 3.63) is 35.4 Å².